The van der Waals surface area contributed by atoms with Gasteiger partial charge in [0.25, 0.3) is 5.91 Å². The molecule has 2 aromatic rings. The Kier molecular flexibility index (Phi) is 5.24. The van der Waals surface area contributed by atoms with Gasteiger partial charge in [-0.15, -0.1) is 0 Å². The quantitative estimate of drug-likeness (QED) is 0.927. The monoisotopic (exact) mass is 341 g/mol. The Hall–Kier alpha value is -2.53. The van der Waals surface area contributed by atoms with Gasteiger partial charge < -0.3 is 19.5 Å². The van der Waals surface area contributed by atoms with E-state index in [9.17, 15) is 9.90 Å². The minimum absolute atomic E-state index is 0.0463. The summed E-state index contributed by atoms with van der Waals surface area (Å²) in [6, 6.07) is 12.9. The third-order valence-corrected chi connectivity index (χ3v) is 4.60. The first-order valence-corrected chi connectivity index (χ1v) is 8.50. The van der Waals surface area contributed by atoms with Gasteiger partial charge in [-0.25, -0.2) is 0 Å². The minimum atomic E-state index is 0.0463. The molecule has 0 radical (unpaired) electrons. The molecule has 1 atom stereocenters. The Morgan fingerprint density at radius 2 is 1.96 bits per heavy atom. The van der Waals surface area contributed by atoms with Gasteiger partial charge in [-0.05, 0) is 41.8 Å². The zero-order valence-corrected chi connectivity index (χ0v) is 14.6. The van der Waals surface area contributed by atoms with Crippen LogP contribution in [0.4, 0.5) is 0 Å². The molecule has 25 heavy (non-hydrogen) atoms. The van der Waals surface area contributed by atoms with Crippen molar-refractivity contribution in [3.8, 4) is 22.6 Å². The van der Waals surface area contributed by atoms with Gasteiger partial charge in [0.2, 0.25) is 0 Å². The standard InChI is InChI=1S/C20H23NO4/c1-3-17-13-25-11-10-21(17)20(23)15-6-4-14(5-7-15)16-8-9-18(22)19(12-16)24-2/h4-9,12,17,22H,3,10-11,13H2,1-2H3. The van der Waals surface area contributed by atoms with Gasteiger partial charge in [-0.1, -0.05) is 25.1 Å². The number of rotatable bonds is 4. The molecule has 0 aliphatic carbocycles. The highest BCUT2D eigenvalue weighted by Gasteiger charge is 2.26. The molecule has 0 spiro atoms. The molecule has 1 heterocycles. The fourth-order valence-corrected chi connectivity index (χ4v) is 3.09. The second-order valence-electron chi connectivity index (χ2n) is 6.10. The number of phenolic OH excluding ortho intramolecular Hbond substituents is 1. The number of morpholine rings is 1. The number of phenols is 1. The van der Waals surface area contributed by atoms with E-state index in [2.05, 4.69) is 6.92 Å². The van der Waals surface area contributed by atoms with Gasteiger partial charge >= 0.3 is 0 Å². The summed E-state index contributed by atoms with van der Waals surface area (Å²) in [5.41, 5.74) is 2.56. The van der Waals surface area contributed by atoms with Crippen LogP contribution in [-0.4, -0.2) is 48.8 Å². The summed E-state index contributed by atoms with van der Waals surface area (Å²) >= 11 is 0. The van der Waals surface area contributed by atoms with Crippen LogP contribution in [0.25, 0.3) is 11.1 Å². The zero-order chi connectivity index (χ0) is 17.8. The average Bonchev–Trinajstić information content (AvgIpc) is 2.68. The molecule has 132 valence electrons. The Morgan fingerprint density at radius 1 is 1.24 bits per heavy atom. The highest BCUT2D eigenvalue weighted by molar-refractivity contribution is 5.95. The van der Waals surface area contributed by atoms with Crippen molar-refractivity contribution < 1.29 is 19.4 Å². The lowest BCUT2D eigenvalue weighted by atomic mass is 10.0. The van der Waals surface area contributed by atoms with E-state index in [4.69, 9.17) is 9.47 Å². The smallest absolute Gasteiger partial charge is 0.254 e. The first-order valence-electron chi connectivity index (χ1n) is 8.50. The fourth-order valence-electron chi connectivity index (χ4n) is 3.09. The van der Waals surface area contributed by atoms with Crippen molar-refractivity contribution in [2.24, 2.45) is 0 Å². The van der Waals surface area contributed by atoms with Crippen LogP contribution in [0.5, 0.6) is 11.5 Å². The van der Waals surface area contributed by atoms with Crippen LogP contribution in [0.3, 0.4) is 0 Å². The van der Waals surface area contributed by atoms with Crippen LogP contribution in [-0.2, 0) is 4.74 Å². The number of hydrogen-bond acceptors (Lipinski definition) is 4. The van der Waals surface area contributed by atoms with Crippen molar-refractivity contribution in [2.75, 3.05) is 26.9 Å². The van der Waals surface area contributed by atoms with E-state index in [0.717, 1.165) is 17.5 Å². The second-order valence-corrected chi connectivity index (χ2v) is 6.10. The Morgan fingerprint density at radius 3 is 2.64 bits per heavy atom. The maximum Gasteiger partial charge on any atom is 0.254 e. The lowest BCUT2D eigenvalue weighted by Crippen LogP contribution is -2.48. The van der Waals surface area contributed by atoms with E-state index in [-0.39, 0.29) is 17.7 Å². The van der Waals surface area contributed by atoms with E-state index in [0.29, 0.717) is 31.1 Å². The Balaban J connectivity index is 1.81. The van der Waals surface area contributed by atoms with Gasteiger partial charge in [0.1, 0.15) is 0 Å². The third-order valence-electron chi connectivity index (χ3n) is 4.60. The number of carbonyl (C=O) groups excluding carboxylic acids is 1. The number of amides is 1. The summed E-state index contributed by atoms with van der Waals surface area (Å²) in [6.07, 6.45) is 0.886. The lowest BCUT2D eigenvalue weighted by molar-refractivity contribution is -0.00279. The number of ether oxygens (including phenoxy) is 2. The summed E-state index contributed by atoms with van der Waals surface area (Å²) in [7, 11) is 1.52. The number of hydrogen-bond donors (Lipinski definition) is 1. The summed E-state index contributed by atoms with van der Waals surface area (Å²) in [5.74, 6) is 0.581. The molecule has 1 fully saturated rings. The second kappa shape index (κ2) is 7.57. The van der Waals surface area contributed by atoms with E-state index in [1.807, 2.05) is 35.2 Å². The Labute approximate surface area is 147 Å². The maximum absolute atomic E-state index is 12.8. The summed E-state index contributed by atoms with van der Waals surface area (Å²) in [6.45, 7) is 3.90. The van der Waals surface area contributed by atoms with Crippen molar-refractivity contribution in [1.29, 1.82) is 0 Å². The predicted molar refractivity (Wildman–Crippen MR) is 96.0 cm³/mol. The molecule has 5 nitrogen and oxygen atoms in total. The molecule has 1 aliphatic heterocycles. The predicted octanol–water partition coefficient (Wildman–Crippen LogP) is 3.32. The number of carbonyl (C=O) groups is 1. The lowest BCUT2D eigenvalue weighted by Gasteiger charge is -2.35. The van der Waals surface area contributed by atoms with Gasteiger partial charge in [-0.3, -0.25) is 4.79 Å². The van der Waals surface area contributed by atoms with Gasteiger partial charge in [0.05, 0.1) is 26.4 Å². The Bertz CT molecular complexity index is 742. The summed E-state index contributed by atoms with van der Waals surface area (Å²) in [4.78, 5) is 14.7. The number of aromatic hydroxyl groups is 1. The van der Waals surface area contributed by atoms with Crippen LogP contribution in [0.1, 0.15) is 23.7 Å². The van der Waals surface area contributed by atoms with Crippen LogP contribution >= 0.6 is 0 Å². The molecule has 5 heteroatoms. The van der Waals surface area contributed by atoms with Crippen molar-refractivity contribution >= 4 is 5.91 Å². The maximum atomic E-state index is 12.8. The molecule has 2 aromatic carbocycles. The zero-order valence-electron chi connectivity index (χ0n) is 14.6. The summed E-state index contributed by atoms with van der Waals surface area (Å²) < 4.78 is 10.6. The molecule has 3 rings (SSSR count). The molecule has 0 aromatic heterocycles. The molecule has 1 aliphatic rings. The number of methoxy groups -OCH3 is 1. The van der Waals surface area contributed by atoms with Gasteiger partial charge in [0.15, 0.2) is 11.5 Å². The largest absolute Gasteiger partial charge is 0.504 e. The van der Waals surface area contributed by atoms with Crippen LogP contribution in [0, 0.1) is 0 Å². The van der Waals surface area contributed by atoms with Crippen LogP contribution in [0.2, 0.25) is 0 Å². The normalized spacial score (nSPS) is 17.4. The molecular weight excluding hydrogens is 318 g/mol. The molecule has 1 unspecified atom stereocenters. The minimum Gasteiger partial charge on any atom is -0.504 e. The first kappa shape index (κ1) is 17.3. The molecule has 0 bridgehead atoms. The van der Waals surface area contributed by atoms with Crippen molar-refractivity contribution in [3.05, 3.63) is 48.0 Å². The highest BCUT2D eigenvalue weighted by Crippen LogP contribution is 2.31. The van der Waals surface area contributed by atoms with E-state index in [1.54, 1.807) is 12.1 Å². The number of benzene rings is 2. The third kappa shape index (κ3) is 3.61. The van der Waals surface area contributed by atoms with Crippen molar-refractivity contribution in [3.63, 3.8) is 0 Å². The van der Waals surface area contributed by atoms with Gasteiger partial charge in [-0.2, -0.15) is 0 Å². The molecule has 1 N–H and O–H groups in total. The highest BCUT2D eigenvalue weighted by atomic mass is 16.5. The first-order chi connectivity index (χ1) is 12.1. The average molecular weight is 341 g/mol. The van der Waals surface area contributed by atoms with Crippen molar-refractivity contribution in [2.45, 2.75) is 19.4 Å². The van der Waals surface area contributed by atoms with Gasteiger partial charge in [0, 0.05) is 12.1 Å². The fraction of sp³-hybridized carbons (Fsp3) is 0.350. The topological polar surface area (TPSA) is 59.0 Å². The molecule has 0 saturated carbocycles. The SMILES string of the molecule is CCC1COCCN1C(=O)c1ccc(-c2ccc(O)c(OC)c2)cc1. The number of nitrogens with zero attached hydrogens (tertiary/aromatic N) is 1. The van der Waals surface area contributed by atoms with E-state index >= 15 is 0 Å². The molecule has 1 saturated heterocycles. The molecule has 1 amide bonds. The summed E-state index contributed by atoms with van der Waals surface area (Å²) in [5, 5.41) is 9.71. The van der Waals surface area contributed by atoms with E-state index < -0.39 is 0 Å². The van der Waals surface area contributed by atoms with Crippen LogP contribution in [0.15, 0.2) is 42.5 Å². The van der Waals surface area contributed by atoms with Crippen molar-refractivity contribution in [1.82, 2.24) is 4.90 Å². The van der Waals surface area contributed by atoms with E-state index in [1.165, 1.54) is 7.11 Å². The van der Waals surface area contributed by atoms with Crippen LogP contribution < -0.4 is 4.74 Å². The molecular formula is C20H23NO4.